The van der Waals surface area contributed by atoms with Crippen molar-refractivity contribution in [2.75, 3.05) is 13.1 Å². The van der Waals surface area contributed by atoms with Gasteiger partial charge in [-0.05, 0) is 24.6 Å². The summed E-state index contributed by atoms with van der Waals surface area (Å²) < 4.78 is 13.6. The zero-order chi connectivity index (χ0) is 14.5. The van der Waals surface area contributed by atoms with Crippen LogP contribution < -0.4 is 11.1 Å². The zero-order valence-electron chi connectivity index (χ0n) is 11.1. The predicted molar refractivity (Wildman–Crippen MR) is 78.1 cm³/mol. The van der Waals surface area contributed by atoms with E-state index in [1.165, 1.54) is 17.4 Å². The van der Waals surface area contributed by atoms with Crippen molar-refractivity contribution in [1.82, 2.24) is 10.3 Å². The summed E-state index contributed by atoms with van der Waals surface area (Å²) in [5.74, 6) is -0.390. The molecule has 1 aromatic carbocycles. The fourth-order valence-corrected chi connectivity index (χ4v) is 2.40. The lowest BCUT2D eigenvalue weighted by atomic mass is 10.2. The number of thiazole rings is 1. The summed E-state index contributed by atoms with van der Waals surface area (Å²) in [6.07, 6.45) is 0. The van der Waals surface area contributed by atoms with Crippen molar-refractivity contribution in [2.24, 2.45) is 11.7 Å². The summed E-state index contributed by atoms with van der Waals surface area (Å²) >= 11 is 1.25. The van der Waals surface area contributed by atoms with E-state index in [-0.39, 0.29) is 17.6 Å². The summed E-state index contributed by atoms with van der Waals surface area (Å²) in [6, 6.07) is 6.38. The highest BCUT2D eigenvalue weighted by molar-refractivity contribution is 7.13. The summed E-state index contributed by atoms with van der Waals surface area (Å²) in [5.41, 5.74) is 6.20. The fraction of sp³-hybridized carbons (Fsp3) is 0.286. The number of aromatic nitrogens is 1. The minimum atomic E-state index is -0.342. The smallest absolute Gasteiger partial charge is 0.270 e. The van der Waals surface area contributed by atoms with Crippen LogP contribution in [0.1, 0.15) is 17.4 Å². The molecule has 0 aliphatic carbocycles. The number of hydrogen-bond donors (Lipinski definition) is 2. The molecule has 106 valence electrons. The Morgan fingerprint density at radius 3 is 2.95 bits per heavy atom. The fourth-order valence-electron chi connectivity index (χ4n) is 1.58. The number of hydrogen-bond acceptors (Lipinski definition) is 4. The first-order valence-electron chi connectivity index (χ1n) is 6.30. The number of carbonyl (C=O) groups is 1. The van der Waals surface area contributed by atoms with Gasteiger partial charge in [-0.1, -0.05) is 19.1 Å². The second kappa shape index (κ2) is 6.58. The molecule has 2 rings (SSSR count). The second-order valence-electron chi connectivity index (χ2n) is 4.57. The van der Waals surface area contributed by atoms with Crippen molar-refractivity contribution >= 4 is 17.2 Å². The maximum absolute atomic E-state index is 13.6. The van der Waals surface area contributed by atoms with Crippen LogP contribution >= 0.6 is 11.3 Å². The molecule has 0 aliphatic heterocycles. The van der Waals surface area contributed by atoms with E-state index in [2.05, 4.69) is 10.3 Å². The van der Waals surface area contributed by atoms with Crippen LogP contribution in [-0.2, 0) is 0 Å². The monoisotopic (exact) mass is 293 g/mol. The average molecular weight is 293 g/mol. The Balaban J connectivity index is 2.09. The van der Waals surface area contributed by atoms with E-state index in [0.717, 1.165) is 0 Å². The first kappa shape index (κ1) is 14.6. The van der Waals surface area contributed by atoms with Crippen LogP contribution in [0.4, 0.5) is 4.39 Å². The van der Waals surface area contributed by atoms with Crippen LogP contribution in [-0.4, -0.2) is 24.0 Å². The number of halogens is 1. The van der Waals surface area contributed by atoms with Gasteiger partial charge < -0.3 is 11.1 Å². The Hall–Kier alpha value is -1.79. The van der Waals surface area contributed by atoms with Crippen molar-refractivity contribution in [3.8, 4) is 10.6 Å². The van der Waals surface area contributed by atoms with Gasteiger partial charge in [0.05, 0.1) is 0 Å². The maximum atomic E-state index is 13.6. The topological polar surface area (TPSA) is 68.0 Å². The summed E-state index contributed by atoms with van der Waals surface area (Å²) in [6.45, 7) is 2.96. The molecule has 0 aliphatic rings. The summed E-state index contributed by atoms with van der Waals surface area (Å²) in [5, 5.41) is 4.89. The molecule has 0 fully saturated rings. The standard InChI is InChI=1S/C14H16FN3OS/c1-9(6-16)7-17-13(19)12-8-20-14(18-12)10-4-2-3-5-11(10)15/h2-5,8-9H,6-7,16H2,1H3,(H,17,19). The lowest BCUT2D eigenvalue weighted by Crippen LogP contribution is -2.31. The van der Waals surface area contributed by atoms with Gasteiger partial charge >= 0.3 is 0 Å². The van der Waals surface area contributed by atoms with E-state index in [1.807, 2.05) is 6.92 Å². The van der Waals surface area contributed by atoms with E-state index < -0.39 is 0 Å². The quantitative estimate of drug-likeness (QED) is 0.888. The van der Waals surface area contributed by atoms with Gasteiger partial charge in [-0.2, -0.15) is 0 Å². The molecule has 6 heteroatoms. The van der Waals surface area contributed by atoms with Crippen LogP contribution in [0.3, 0.4) is 0 Å². The first-order chi connectivity index (χ1) is 9.61. The third-order valence-corrected chi connectivity index (χ3v) is 3.73. The van der Waals surface area contributed by atoms with Crippen molar-refractivity contribution in [1.29, 1.82) is 0 Å². The average Bonchev–Trinajstić information content (AvgIpc) is 2.94. The van der Waals surface area contributed by atoms with Gasteiger partial charge in [-0.25, -0.2) is 9.37 Å². The maximum Gasteiger partial charge on any atom is 0.270 e. The third-order valence-electron chi connectivity index (χ3n) is 2.85. The molecule has 0 bridgehead atoms. The lowest BCUT2D eigenvalue weighted by Gasteiger charge is -2.08. The Labute approximate surface area is 120 Å². The molecule has 20 heavy (non-hydrogen) atoms. The van der Waals surface area contributed by atoms with Crippen LogP contribution in [0.25, 0.3) is 10.6 Å². The van der Waals surface area contributed by atoms with Crippen molar-refractivity contribution in [3.05, 3.63) is 41.2 Å². The van der Waals surface area contributed by atoms with Gasteiger partial charge in [0.25, 0.3) is 5.91 Å². The Bertz CT molecular complexity index is 600. The molecule has 0 saturated heterocycles. The minimum absolute atomic E-state index is 0.212. The van der Waals surface area contributed by atoms with Crippen LogP contribution in [0.15, 0.2) is 29.6 Å². The van der Waals surface area contributed by atoms with Crippen molar-refractivity contribution in [3.63, 3.8) is 0 Å². The number of nitrogens with zero attached hydrogens (tertiary/aromatic N) is 1. The highest BCUT2D eigenvalue weighted by atomic mass is 32.1. The molecule has 1 unspecified atom stereocenters. The lowest BCUT2D eigenvalue weighted by molar-refractivity contribution is 0.0944. The highest BCUT2D eigenvalue weighted by Crippen LogP contribution is 2.25. The largest absolute Gasteiger partial charge is 0.350 e. The molecule has 2 aromatic rings. The Morgan fingerprint density at radius 1 is 1.50 bits per heavy atom. The van der Waals surface area contributed by atoms with Gasteiger partial charge in [-0.15, -0.1) is 11.3 Å². The van der Waals surface area contributed by atoms with E-state index in [0.29, 0.717) is 29.4 Å². The molecule has 1 heterocycles. The number of rotatable bonds is 5. The van der Waals surface area contributed by atoms with Crippen LogP contribution in [0.2, 0.25) is 0 Å². The van der Waals surface area contributed by atoms with E-state index >= 15 is 0 Å². The molecule has 3 N–H and O–H groups in total. The molecule has 0 spiro atoms. The molecule has 1 amide bonds. The molecule has 1 aromatic heterocycles. The predicted octanol–water partition coefficient (Wildman–Crippen LogP) is 2.27. The van der Waals surface area contributed by atoms with Crippen molar-refractivity contribution < 1.29 is 9.18 Å². The van der Waals surface area contributed by atoms with Gasteiger partial charge in [-0.3, -0.25) is 4.79 Å². The Kier molecular flexibility index (Phi) is 4.81. The van der Waals surface area contributed by atoms with Gasteiger partial charge in [0.15, 0.2) is 0 Å². The van der Waals surface area contributed by atoms with Crippen LogP contribution in [0, 0.1) is 11.7 Å². The molecular formula is C14H16FN3OS. The molecule has 0 radical (unpaired) electrons. The van der Waals surface area contributed by atoms with E-state index in [9.17, 15) is 9.18 Å². The van der Waals surface area contributed by atoms with Gasteiger partial charge in [0.1, 0.15) is 16.5 Å². The number of amides is 1. The molecule has 0 saturated carbocycles. The normalized spacial score (nSPS) is 12.2. The van der Waals surface area contributed by atoms with Crippen molar-refractivity contribution in [2.45, 2.75) is 6.92 Å². The van der Waals surface area contributed by atoms with Gasteiger partial charge in [0, 0.05) is 17.5 Å². The highest BCUT2D eigenvalue weighted by Gasteiger charge is 2.14. The summed E-state index contributed by atoms with van der Waals surface area (Å²) in [4.78, 5) is 16.1. The van der Waals surface area contributed by atoms with Gasteiger partial charge in [0.2, 0.25) is 0 Å². The zero-order valence-corrected chi connectivity index (χ0v) is 11.9. The number of nitrogens with one attached hydrogen (secondary N) is 1. The van der Waals surface area contributed by atoms with E-state index in [4.69, 9.17) is 5.73 Å². The second-order valence-corrected chi connectivity index (χ2v) is 5.43. The Morgan fingerprint density at radius 2 is 2.25 bits per heavy atom. The molecule has 4 nitrogen and oxygen atoms in total. The molecule has 1 atom stereocenters. The number of nitrogens with two attached hydrogens (primary N) is 1. The van der Waals surface area contributed by atoms with E-state index in [1.54, 1.807) is 23.6 Å². The third kappa shape index (κ3) is 3.40. The number of benzene rings is 1. The molecular weight excluding hydrogens is 277 g/mol. The first-order valence-corrected chi connectivity index (χ1v) is 7.18. The summed E-state index contributed by atoms with van der Waals surface area (Å²) in [7, 11) is 0. The SMILES string of the molecule is CC(CN)CNC(=O)c1csc(-c2ccccc2F)n1. The number of carbonyl (C=O) groups excluding carboxylic acids is 1. The minimum Gasteiger partial charge on any atom is -0.350 e. The van der Waals surface area contributed by atoms with Crippen LogP contribution in [0.5, 0.6) is 0 Å².